The number of hydrogen-bond donors (Lipinski definition) is 1. The standard InChI is InChI=1S/C11H20N2O3S/c1-8-5-13(10(14)11(2)3-4-11)6-9(8)7-17(12,15)16/h8-9H,3-7H2,1-2H3,(H2,12,15,16). The van der Waals surface area contributed by atoms with Crippen molar-refractivity contribution in [2.75, 3.05) is 18.8 Å². The van der Waals surface area contributed by atoms with Crippen molar-refractivity contribution in [3.05, 3.63) is 0 Å². The lowest BCUT2D eigenvalue weighted by Gasteiger charge is -2.20. The number of likely N-dealkylation sites (tertiary alicyclic amines) is 1. The fourth-order valence-electron chi connectivity index (χ4n) is 2.50. The lowest BCUT2D eigenvalue weighted by molar-refractivity contribution is -0.135. The molecule has 5 nitrogen and oxygen atoms in total. The van der Waals surface area contributed by atoms with Gasteiger partial charge in [0.15, 0.2) is 0 Å². The number of primary sulfonamides is 1. The highest BCUT2D eigenvalue weighted by molar-refractivity contribution is 7.89. The van der Waals surface area contributed by atoms with Gasteiger partial charge in [0.05, 0.1) is 5.75 Å². The molecule has 1 saturated heterocycles. The van der Waals surface area contributed by atoms with E-state index in [2.05, 4.69) is 0 Å². The quantitative estimate of drug-likeness (QED) is 0.785. The molecule has 1 heterocycles. The summed E-state index contributed by atoms with van der Waals surface area (Å²) >= 11 is 0. The molecule has 0 aromatic heterocycles. The molecule has 0 spiro atoms. The van der Waals surface area contributed by atoms with Crippen LogP contribution in [0.3, 0.4) is 0 Å². The van der Waals surface area contributed by atoms with Crippen molar-refractivity contribution in [1.29, 1.82) is 0 Å². The van der Waals surface area contributed by atoms with Crippen LogP contribution >= 0.6 is 0 Å². The van der Waals surface area contributed by atoms with Gasteiger partial charge >= 0.3 is 0 Å². The van der Waals surface area contributed by atoms with Crippen molar-refractivity contribution in [2.24, 2.45) is 22.4 Å². The molecule has 0 radical (unpaired) electrons. The summed E-state index contributed by atoms with van der Waals surface area (Å²) in [5.41, 5.74) is -0.170. The van der Waals surface area contributed by atoms with E-state index in [0.717, 1.165) is 12.8 Å². The molecule has 98 valence electrons. The predicted molar refractivity (Wildman–Crippen MR) is 64.5 cm³/mol. The Balaban J connectivity index is 1.99. The molecule has 6 heteroatoms. The molecule has 2 rings (SSSR count). The van der Waals surface area contributed by atoms with Crippen LogP contribution in [0.15, 0.2) is 0 Å². The van der Waals surface area contributed by atoms with Crippen LogP contribution in [0.2, 0.25) is 0 Å². The average molecular weight is 260 g/mol. The summed E-state index contributed by atoms with van der Waals surface area (Å²) in [6, 6.07) is 0. The Morgan fingerprint density at radius 1 is 1.41 bits per heavy atom. The van der Waals surface area contributed by atoms with Crippen LogP contribution in [0, 0.1) is 17.3 Å². The lowest BCUT2D eigenvalue weighted by Crippen LogP contribution is -2.35. The van der Waals surface area contributed by atoms with E-state index in [9.17, 15) is 13.2 Å². The minimum atomic E-state index is -3.45. The lowest BCUT2D eigenvalue weighted by atomic mass is 10.0. The van der Waals surface area contributed by atoms with Crippen molar-refractivity contribution in [2.45, 2.75) is 26.7 Å². The van der Waals surface area contributed by atoms with Gasteiger partial charge in [-0.25, -0.2) is 13.6 Å². The zero-order chi connectivity index (χ0) is 12.8. The van der Waals surface area contributed by atoms with Crippen LogP contribution in [-0.2, 0) is 14.8 Å². The summed E-state index contributed by atoms with van der Waals surface area (Å²) < 4.78 is 22.2. The molecule has 2 fully saturated rings. The van der Waals surface area contributed by atoms with Gasteiger partial charge in [0.2, 0.25) is 15.9 Å². The summed E-state index contributed by atoms with van der Waals surface area (Å²) in [5.74, 6) is 0.353. The van der Waals surface area contributed by atoms with Gasteiger partial charge in [-0.05, 0) is 24.7 Å². The van der Waals surface area contributed by atoms with E-state index in [-0.39, 0.29) is 28.9 Å². The zero-order valence-electron chi connectivity index (χ0n) is 10.3. The van der Waals surface area contributed by atoms with Crippen LogP contribution < -0.4 is 5.14 Å². The van der Waals surface area contributed by atoms with E-state index in [4.69, 9.17) is 5.14 Å². The second-order valence-electron chi connectivity index (χ2n) is 5.84. The van der Waals surface area contributed by atoms with Gasteiger partial charge in [-0.2, -0.15) is 0 Å². The summed E-state index contributed by atoms with van der Waals surface area (Å²) in [4.78, 5) is 13.9. The van der Waals surface area contributed by atoms with Gasteiger partial charge < -0.3 is 4.90 Å². The van der Waals surface area contributed by atoms with Crippen LogP contribution in [0.4, 0.5) is 0 Å². The van der Waals surface area contributed by atoms with E-state index >= 15 is 0 Å². The van der Waals surface area contributed by atoms with Crippen LogP contribution in [-0.4, -0.2) is 38.1 Å². The molecule has 2 atom stereocenters. The van der Waals surface area contributed by atoms with Gasteiger partial charge in [-0.15, -0.1) is 0 Å². The monoisotopic (exact) mass is 260 g/mol. The van der Waals surface area contributed by atoms with E-state index in [1.54, 1.807) is 0 Å². The Morgan fingerprint density at radius 2 is 2.00 bits per heavy atom. The molecule has 0 aromatic rings. The number of carbonyl (C=O) groups excluding carboxylic acids is 1. The first-order valence-electron chi connectivity index (χ1n) is 6.01. The van der Waals surface area contributed by atoms with Gasteiger partial charge in [-0.1, -0.05) is 13.8 Å². The number of hydrogen-bond acceptors (Lipinski definition) is 3. The molecule has 1 aliphatic carbocycles. The first kappa shape index (κ1) is 12.8. The minimum Gasteiger partial charge on any atom is -0.342 e. The fraction of sp³-hybridized carbons (Fsp3) is 0.909. The largest absolute Gasteiger partial charge is 0.342 e. The first-order chi connectivity index (χ1) is 7.71. The smallest absolute Gasteiger partial charge is 0.228 e. The maximum atomic E-state index is 12.1. The molecular formula is C11H20N2O3S. The number of sulfonamides is 1. The third-order valence-electron chi connectivity index (χ3n) is 4.02. The van der Waals surface area contributed by atoms with E-state index < -0.39 is 10.0 Å². The predicted octanol–water partition coefficient (Wildman–Crippen LogP) is 0.170. The van der Waals surface area contributed by atoms with Gasteiger partial charge in [0, 0.05) is 18.5 Å². The Labute approximate surface area is 102 Å². The maximum absolute atomic E-state index is 12.1. The summed E-state index contributed by atoms with van der Waals surface area (Å²) in [6.07, 6.45) is 1.91. The van der Waals surface area contributed by atoms with E-state index in [1.807, 2.05) is 18.7 Å². The zero-order valence-corrected chi connectivity index (χ0v) is 11.2. The molecule has 1 aliphatic heterocycles. The molecule has 2 aliphatic rings. The van der Waals surface area contributed by atoms with Gasteiger partial charge in [0.25, 0.3) is 0 Å². The number of carbonyl (C=O) groups is 1. The highest BCUT2D eigenvalue weighted by Crippen LogP contribution is 2.47. The van der Waals surface area contributed by atoms with Crippen LogP contribution in [0.5, 0.6) is 0 Å². The number of amides is 1. The molecule has 0 bridgehead atoms. The van der Waals surface area contributed by atoms with Gasteiger partial charge in [0.1, 0.15) is 0 Å². The summed E-state index contributed by atoms with van der Waals surface area (Å²) in [6.45, 7) is 5.16. The highest BCUT2D eigenvalue weighted by Gasteiger charge is 2.49. The molecule has 1 saturated carbocycles. The molecular weight excluding hydrogens is 240 g/mol. The van der Waals surface area contributed by atoms with Gasteiger partial charge in [-0.3, -0.25) is 4.79 Å². The third-order valence-corrected chi connectivity index (χ3v) is 4.91. The second-order valence-corrected chi connectivity index (χ2v) is 7.50. The first-order valence-corrected chi connectivity index (χ1v) is 7.73. The summed E-state index contributed by atoms with van der Waals surface area (Å²) in [7, 11) is -3.45. The second kappa shape index (κ2) is 3.95. The SMILES string of the molecule is CC1CN(C(=O)C2(C)CC2)CC1CS(N)(=O)=O. The highest BCUT2D eigenvalue weighted by atomic mass is 32.2. The third kappa shape index (κ3) is 2.80. The van der Waals surface area contributed by atoms with E-state index in [0.29, 0.717) is 13.1 Å². The Hall–Kier alpha value is -0.620. The number of nitrogens with zero attached hydrogens (tertiary/aromatic N) is 1. The number of nitrogens with two attached hydrogens (primary N) is 1. The van der Waals surface area contributed by atoms with E-state index in [1.165, 1.54) is 0 Å². The minimum absolute atomic E-state index is 0.0173. The van der Waals surface area contributed by atoms with Crippen molar-refractivity contribution >= 4 is 15.9 Å². The molecule has 2 N–H and O–H groups in total. The van der Waals surface area contributed by atoms with Crippen molar-refractivity contribution in [3.63, 3.8) is 0 Å². The van der Waals surface area contributed by atoms with Crippen molar-refractivity contribution in [3.8, 4) is 0 Å². The Bertz CT molecular complexity index is 428. The molecule has 1 amide bonds. The average Bonchev–Trinajstić information content (AvgIpc) is 2.83. The normalized spacial score (nSPS) is 31.6. The van der Waals surface area contributed by atoms with Crippen molar-refractivity contribution < 1.29 is 13.2 Å². The summed E-state index contributed by atoms with van der Waals surface area (Å²) in [5, 5.41) is 5.07. The van der Waals surface area contributed by atoms with Crippen LogP contribution in [0.1, 0.15) is 26.7 Å². The van der Waals surface area contributed by atoms with Crippen molar-refractivity contribution in [1.82, 2.24) is 4.90 Å². The fourth-order valence-corrected chi connectivity index (χ4v) is 3.53. The Morgan fingerprint density at radius 3 is 2.47 bits per heavy atom. The maximum Gasteiger partial charge on any atom is 0.228 e. The topological polar surface area (TPSA) is 80.5 Å². The molecule has 0 aromatic carbocycles. The molecule has 2 unspecified atom stereocenters. The Kier molecular flexibility index (Phi) is 2.98. The number of rotatable bonds is 3. The molecule has 17 heavy (non-hydrogen) atoms. The van der Waals surface area contributed by atoms with Crippen LogP contribution in [0.25, 0.3) is 0 Å².